The van der Waals surface area contributed by atoms with Crippen molar-refractivity contribution in [2.45, 2.75) is 63.7 Å². The molecular formula is C20H39N7O5S2. The molecule has 0 heterocycles. The maximum absolute atomic E-state index is 13.0. The normalized spacial score (nSPS) is 14.4. The summed E-state index contributed by atoms with van der Waals surface area (Å²) in [5.41, 5.74) is 16.3. The lowest BCUT2D eigenvalue weighted by atomic mass is 10.0. The third-order valence-corrected chi connectivity index (χ3v) is 5.71. The van der Waals surface area contributed by atoms with Gasteiger partial charge >= 0.3 is 5.97 Å². The molecule has 0 spiro atoms. The Morgan fingerprint density at radius 2 is 1.50 bits per heavy atom. The van der Waals surface area contributed by atoms with Crippen LogP contribution in [0.1, 0.15) is 39.5 Å². The fraction of sp³-hybridized carbons (Fsp3) is 0.750. The summed E-state index contributed by atoms with van der Waals surface area (Å²) in [6.07, 6.45) is 2.94. The summed E-state index contributed by atoms with van der Waals surface area (Å²) in [5.74, 6) is -2.33. The van der Waals surface area contributed by atoms with Crippen LogP contribution in [-0.4, -0.2) is 83.2 Å². The maximum atomic E-state index is 13.0. The lowest BCUT2D eigenvalue weighted by Gasteiger charge is -2.25. The molecule has 0 aromatic heterocycles. The standard InChI is InChI=1S/C20H39N7O5S2/c1-11(2)9-15(19(31)32)27-18(30)14(6-8-34-3)26-17(29)13(5-4-7-24-20(22)23)25-16(28)12(21)10-33/h11-15,33H,4-10,21H2,1-3H3,(H,25,28)(H,26,29)(H,27,30)(H,31,32)(H4,22,23,24). The second-order valence-electron chi connectivity index (χ2n) is 8.17. The molecule has 0 aliphatic heterocycles. The molecule has 196 valence electrons. The van der Waals surface area contributed by atoms with Gasteiger partial charge in [0, 0.05) is 12.3 Å². The lowest BCUT2D eigenvalue weighted by molar-refractivity contribution is -0.142. The minimum absolute atomic E-state index is 0.0430. The Morgan fingerprint density at radius 1 is 0.971 bits per heavy atom. The van der Waals surface area contributed by atoms with Crippen LogP contribution in [-0.2, 0) is 19.2 Å². The van der Waals surface area contributed by atoms with Crippen LogP contribution < -0.4 is 33.2 Å². The van der Waals surface area contributed by atoms with E-state index in [1.54, 1.807) is 0 Å². The quantitative estimate of drug-likeness (QED) is 0.0490. The summed E-state index contributed by atoms with van der Waals surface area (Å²) in [5, 5.41) is 17.2. The first-order chi connectivity index (χ1) is 15.9. The first-order valence-electron chi connectivity index (χ1n) is 11.0. The lowest BCUT2D eigenvalue weighted by Crippen LogP contribution is -2.57. The number of carbonyl (C=O) groups excluding carboxylic acids is 3. The Balaban J connectivity index is 5.49. The SMILES string of the molecule is CSCCC(NC(=O)C(CCCN=C(N)N)NC(=O)C(N)CS)C(=O)NC(CC(C)C)C(=O)O. The number of nitrogens with one attached hydrogen (secondary N) is 3. The Labute approximate surface area is 210 Å². The van der Waals surface area contributed by atoms with Crippen LogP contribution in [0.15, 0.2) is 4.99 Å². The molecule has 0 rings (SSSR count). The van der Waals surface area contributed by atoms with Crippen molar-refractivity contribution < 1.29 is 24.3 Å². The molecule has 0 aliphatic rings. The van der Waals surface area contributed by atoms with Crippen molar-refractivity contribution in [1.82, 2.24) is 16.0 Å². The molecule has 12 nitrogen and oxygen atoms in total. The predicted molar refractivity (Wildman–Crippen MR) is 138 cm³/mol. The van der Waals surface area contributed by atoms with Crippen molar-refractivity contribution in [1.29, 1.82) is 0 Å². The zero-order valence-electron chi connectivity index (χ0n) is 20.0. The molecule has 0 fully saturated rings. The molecule has 0 aromatic rings. The highest BCUT2D eigenvalue weighted by molar-refractivity contribution is 7.98. The number of rotatable bonds is 17. The van der Waals surface area contributed by atoms with E-state index in [4.69, 9.17) is 17.2 Å². The molecular weight excluding hydrogens is 482 g/mol. The van der Waals surface area contributed by atoms with Gasteiger partial charge in [0.15, 0.2) is 5.96 Å². The monoisotopic (exact) mass is 521 g/mol. The van der Waals surface area contributed by atoms with Crippen LogP contribution in [0.4, 0.5) is 0 Å². The van der Waals surface area contributed by atoms with E-state index in [2.05, 4.69) is 33.6 Å². The van der Waals surface area contributed by atoms with Gasteiger partial charge in [0.1, 0.15) is 18.1 Å². The van der Waals surface area contributed by atoms with E-state index in [1.165, 1.54) is 11.8 Å². The number of hydrogen-bond acceptors (Lipinski definition) is 8. The number of carboxylic acids is 1. The van der Waals surface area contributed by atoms with Gasteiger partial charge < -0.3 is 38.3 Å². The van der Waals surface area contributed by atoms with Crippen LogP contribution in [0.25, 0.3) is 0 Å². The molecule has 10 N–H and O–H groups in total. The summed E-state index contributed by atoms with van der Waals surface area (Å²) >= 11 is 5.47. The minimum Gasteiger partial charge on any atom is -0.480 e. The molecule has 0 radical (unpaired) electrons. The van der Waals surface area contributed by atoms with Crippen molar-refractivity contribution >= 4 is 54.0 Å². The zero-order valence-corrected chi connectivity index (χ0v) is 21.7. The van der Waals surface area contributed by atoms with Crippen LogP contribution >= 0.6 is 24.4 Å². The van der Waals surface area contributed by atoms with Crippen LogP contribution in [0.3, 0.4) is 0 Å². The third-order valence-electron chi connectivity index (χ3n) is 4.68. The van der Waals surface area contributed by atoms with Crippen LogP contribution in [0, 0.1) is 5.92 Å². The predicted octanol–water partition coefficient (Wildman–Crippen LogP) is -1.36. The summed E-state index contributed by atoms with van der Waals surface area (Å²) < 4.78 is 0. The Morgan fingerprint density at radius 3 is 1.97 bits per heavy atom. The number of carboxylic acid groups (broad SMARTS) is 1. The largest absolute Gasteiger partial charge is 0.480 e. The first-order valence-corrected chi connectivity index (χ1v) is 13.0. The average Bonchev–Trinajstić information content (AvgIpc) is 2.76. The highest BCUT2D eigenvalue weighted by Crippen LogP contribution is 2.08. The Kier molecular flexibility index (Phi) is 16.2. The number of thiol groups is 1. The van der Waals surface area contributed by atoms with Gasteiger partial charge in [-0.25, -0.2) is 4.79 Å². The molecule has 4 unspecified atom stereocenters. The van der Waals surface area contributed by atoms with Crippen LogP contribution in [0.5, 0.6) is 0 Å². The van der Waals surface area contributed by atoms with Gasteiger partial charge in [-0.2, -0.15) is 24.4 Å². The van der Waals surface area contributed by atoms with Crippen molar-refractivity contribution in [2.24, 2.45) is 28.1 Å². The van der Waals surface area contributed by atoms with E-state index >= 15 is 0 Å². The molecule has 3 amide bonds. The van der Waals surface area contributed by atoms with Gasteiger partial charge in [-0.1, -0.05) is 13.8 Å². The average molecular weight is 522 g/mol. The molecule has 0 saturated carbocycles. The van der Waals surface area contributed by atoms with Gasteiger partial charge in [-0.15, -0.1) is 0 Å². The first kappa shape index (κ1) is 31.8. The van der Waals surface area contributed by atoms with E-state index in [0.29, 0.717) is 12.2 Å². The molecule has 0 bridgehead atoms. The smallest absolute Gasteiger partial charge is 0.326 e. The Bertz CT molecular complexity index is 705. The van der Waals surface area contributed by atoms with Crippen LogP contribution in [0.2, 0.25) is 0 Å². The number of thioether (sulfide) groups is 1. The zero-order chi connectivity index (χ0) is 26.3. The molecule has 14 heteroatoms. The number of aliphatic imine (C=N–C) groups is 1. The van der Waals surface area contributed by atoms with Crippen molar-refractivity contribution in [3.8, 4) is 0 Å². The van der Waals surface area contributed by atoms with Gasteiger partial charge in [0.25, 0.3) is 0 Å². The van der Waals surface area contributed by atoms with Gasteiger partial charge in [-0.05, 0) is 43.6 Å². The second kappa shape index (κ2) is 17.3. The molecule has 34 heavy (non-hydrogen) atoms. The minimum atomic E-state index is -1.15. The van der Waals surface area contributed by atoms with Gasteiger partial charge in [0.05, 0.1) is 6.04 Å². The number of aliphatic carboxylic acids is 1. The van der Waals surface area contributed by atoms with E-state index in [0.717, 1.165) is 0 Å². The summed E-state index contributed by atoms with van der Waals surface area (Å²) in [7, 11) is 0. The fourth-order valence-corrected chi connectivity index (χ4v) is 3.51. The summed E-state index contributed by atoms with van der Waals surface area (Å²) in [4.78, 5) is 53.5. The number of hydrogen-bond donors (Lipinski definition) is 8. The highest BCUT2D eigenvalue weighted by Gasteiger charge is 2.30. The van der Waals surface area contributed by atoms with Crippen molar-refractivity contribution in [3.63, 3.8) is 0 Å². The fourth-order valence-electron chi connectivity index (χ4n) is 2.88. The van der Waals surface area contributed by atoms with Crippen molar-refractivity contribution in [2.75, 3.05) is 24.3 Å². The van der Waals surface area contributed by atoms with E-state index in [1.807, 2.05) is 20.1 Å². The number of guanidine groups is 1. The Hall–Kier alpha value is -2.19. The highest BCUT2D eigenvalue weighted by atomic mass is 32.2. The summed E-state index contributed by atoms with van der Waals surface area (Å²) in [6, 6.07) is -3.98. The number of nitrogens with two attached hydrogens (primary N) is 3. The van der Waals surface area contributed by atoms with Gasteiger partial charge in [-0.3, -0.25) is 19.4 Å². The van der Waals surface area contributed by atoms with E-state index < -0.39 is 47.9 Å². The molecule has 0 aromatic carbocycles. The number of nitrogens with zero attached hydrogens (tertiary/aromatic N) is 1. The van der Waals surface area contributed by atoms with Gasteiger partial charge in [0.2, 0.25) is 17.7 Å². The topological polar surface area (TPSA) is 215 Å². The molecule has 4 atom stereocenters. The third kappa shape index (κ3) is 13.5. The molecule has 0 saturated heterocycles. The summed E-state index contributed by atoms with van der Waals surface area (Å²) in [6.45, 7) is 3.94. The second-order valence-corrected chi connectivity index (χ2v) is 9.52. The van der Waals surface area contributed by atoms with Crippen molar-refractivity contribution in [3.05, 3.63) is 0 Å². The number of carbonyl (C=O) groups is 4. The molecule has 0 aliphatic carbocycles. The number of amides is 3. The maximum Gasteiger partial charge on any atom is 0.326 e. The van der Waals surface area contributed by atoms with E-state index in [9.17, 15) is 24.3 Å². The van der Waals surface area contributed by atoms with E-state index in [-0.39, 0.29) is 43.4 Å².